The fourth-order valence-corrected chi connectivity index (χ4v) is 7.67. The Morgan fingerprint density at radius 1 is 1.00 bits per heavy atom. The first kappa shape index (κ1) is 20.8. The first-order chi connectivity index (χ1) is 13.5. The minimum Gasteiger partial charge on any atom is -0.462 e. The van der Waals surface area contributed by atoms with Crippen molar-refractivity contribution < 1.29 is 29.0 Å². The lowest BCUT2D eigenvalue weighted by molar-refractivity contribution is -0.269. The number of Topliss-reactive ketones (excluding diaryl/α,β-unsaturated/α-hetero) is 1. The number of rotatable bonds is 2. The van der Waals surface area contributed by atoms with Crippen molar-refractivity contribution in [2.75, 3.05) is 0 Å². The standard InChI is InChI=1S/C23H34O6/c1-13(24)28-15-7-10-22(4)18-8-9-21(3)17(5-6-19(21)26)16(18)11-20(29-14(2)25)23(22,27)12-15/h15-18,20,27H,5-12H2,1-4H3/t15-,16-,17-,18-,20+,21+,22-,23+/m1/s1. The van der Waals surface area contributed by atoms with Gasteiger partial charge in [-0.15, -0.1) is 0 Å². The lowest BCUT2D eigenvalue weighted by atomic mass is 9.43. The van der Waals surface area contributed by atoms with Crippen LogP contribution < -0.4 is 0 Å². The molecule has 162 valence electrons. The van der Waals surface area contributed by atoms with Crippen LogP contribution in [0, 0.1) is 28.6 Å². The number of carbonyl (C=O) groups excluding carboxylic acids is 3. The molecule has 0 aromatic heterocycles. The number of hydrogen-bond donors (Lipinski definition) is 1. The predicted molar refractivity (Wildman–Crippen MR) is 105 cm³/mol. The number of fused-ring (bicyclic) bond motifs is 5. The van der Waals surface area contributed by atoms with E-state index in [-0.39, 0.29) is 29.3 Å². The Balaban J connectivity index is 1.71. The SMILES string of the molecule is CC(=O)O[C@@H]1CC[C@]2(C)[C@@H]3CC[C@]4(C)C(=O)CC[C@@H]4[C@H]3C[C@H](OC(C)=O)[C@@]2(O)C1. The van der Waals surface area contributed by atoms with Gasteiger partial charge in [-0.25, -0.2) is 0 Å². The monoisotopic (exact) mass is 406 g/mol. The zero-order valence-electron chi connectivity index (χ0n) is 18.0. The zero-order valence-corrected chi connectivity index (χ0v) is 18.0. The minimum absolute atomic E-state index is 0.264. The summed E-state index contributed by atoms with van der Waals surface area (Å²) in [6.45, 7) is 7.01. The van der Waals surface area contributed by atoms with Crippen molar-refractivity contribution in [3.8, 4) is 0 Å². The molecule has 6 heteroatoms. The van der Waals surface area contributed by atoms with E-state index < -0.39 is 23.1 Å². The molecule has 0 aromatic carbocycles. The number of aliphatic hydroxyl groups is 1. The van der Waals surface area contributed by atoms with Gasteiger partial charge in [0, 0.05) is 37.5 Å². The summed E-state index contributed by atoms with van der Waals surface area (Å²) in [5.74, 6) is 0.452. The van der Waals surface area contributed by atoms with E-state index in [9.17, 15) is 19.5 Å². The fraction of sp³-hybridized carbons (Fsp3) is 0.870. The summed E-state index contributed by atoms with van der Waals surface area (Å²) in [6, 6.07) is 0. The average molecular weight is 407 g/mol. The molecule has 4 aliphatic rings. The molecule has 0 bridgehead atoms. The van der Waals surface area contributed by atoms with Crippen molar-refractivity contribution in [3.63, 3.8) is 0 Å². The van der Waals surface area contributed by atoms with Crippen molar-refractivity contribution in [1.82, 2.24) is 0 Å². The van der Waals surface area contributed by atoms with Gasteiger partial charge in [-0.05, 0) is 56.3 Å². The first-order valence-corrected chi connectivity index (χ1v) is 11.1. The molecule has 0 saturated heterocycles. The molecule has 0 unspecified atom stereocenters. The Hall–Kier alpha value is -1.43. The summed E-state index contributed by atoms with van der Waals surface area (Å²) < 4.78 is 11.2. The molecule has 0 heterocycles. The van der Waals surface area contributed by atoms with Crippen LogP contribution in [0.3, 0.4) is 0 Å². The van der Waals surface area contributed by atoms with Crippen LogP contribution in [0.4, 0.5) is 0 Å². The third-order valence-corrected chi connectivity index (χ3v) is 9.14. The maximum atomic E-state index is 12.7. The minimum atomic E-state index is -1.23. The lowest BCUT2D eigenvalue weighted by Gasteiger charge is -2.65. The normalized spacial score (nSPS) is 48.9. The molecule has 4 saturated carbocycles. The van der Waals surface area contributed by atoms with E-state index in [0.29, 0.717) is 37.4 Å². The second-order valence-corrected chi connectivity index (χ2v) is 10.4. The van der Waals surface area contributed by atoms with E-state index >= 15 is 0 Å². The van der Waals surface area contributed by atoms with Crippen LogP contribution in [0.5, 0.6) is 0 Å². The maximum absolute atomic E-state index is 12.7. The highest BCUT2D eigenvalue weighted by atomic mass is 16.6. The Bertz CT molecular complexity index is 733. The van der Waals surface area contributed by atoms with Crippen LogP contribution in [0.1, 0.15) is 79.1 Å². The predicted octanol–water partition coefficient (Wildman–Crippen LogP) is 3.19. The van der Waals surface area contributed by atoms with Crippen molar-refractivity contribution in [2.24, 2.45) is 28.6 Å². The number of carbonyl (C=O) groups is 3. The number of ketones is 1. The van der Waals surface area contributed by atoms with Gasteiger partial charge in [-0.1, -0.05) is 13.8 Å². The molecule has 0 aromatic rings. The summed E-state index contributed by atoms with van der Waals surface area (Å²) in [7, 11) is 0. The molecule has 0 aliphatic heterocycles. The molecule has 0 radical (unpaired) electrons. The van der Waals surface area contributed by atoms with E-state index in [1.54, 1.807) is 0 Å². The molecule has 8 atom stereocenters. The van der Waals surface area contributed by atoms with E-state index in [0.717, 1.165) is 25.7 Å². The molecular weight excluding hydrogens is 372 g/mol. The average Bonchev–Trinajstić information content (AvgIpc) is 2.92. The summed E-state index contributed by atoms with van der Waals surface area (Å²) in [6.07, 6.45) is 4.62. The van der Waals surface area contributed by atoms with E-state index in [1.165, 1.54) is 13.8 Å². The molecule has 4 fully saturated rings. The molecular formula is C23H34O6. The zero-order chi connectivity index (χ0) is 21.2. The van der Waals surface area contributed by atoms with Gasteiger partial charge in [0.25, 0.3) is 0 Å². The number of hydrogen-bond acceptors (Lipinski definition) is 6. The van der Waals surface area contributed by atoms with Crippen LogP contribution in [-0.4, -0.2) is 40.6 Å². The third kappa shape index (κ3) is 2.96. The van der Waals surface area contributed by atoms with Gasteiger partial charge in [0.05, 0.1) is 0 Å². The molecule has 29 heavy (non-hydrogen) atoms. The molecule has 1 N–H and O–H groups in total. The Morgan fingerprint density at radius 2 is 1.69 bits per heavy atom. The second-order valence-electron chi connectivity index (χ2n) is 10.4. The highest BCUT2D eigenvalue weighted by Crippen LogP contribution is 2.67. The maximum Gasteiger partial charge on any atom is 0.303 e. The highest BCUT2D eigenvalue weighted by Gasteiger charge is 2.68. The van der Waals surface area contributed by atoms with Crippen LogP contribution in [0.15, 0.2) is 0 Å². The van der Waals surface area contributed by atoms with Crippen molar-refractivity contribution in [3.05, 3.63) is 0 Å². The second kappa shape index (κ2) is 6.79. The first-order valence-electron chi connectivity index (χ1n) is 11.1. The van der Waals surface area contributed by atoms with Gasteiger partial charge in [-0.2, -0.15) is 0 Å². The van der Waals surface area contributed by atoms with Crippen LogP contribution >= 0.6 is 0 Å². The van der Waals surface area contributed by atoms with Gasteiger partial charge in [0.2, 0.25) is 0 Å². The fourth-order valence-electron chi connectivity index (χ4n) is 7.67. The molecule has 4 aliphatic carbocycles. The van der Waals surface area contributed by atoms with Crippen LogP contribution in [0.25, 0.3) is 0 Å². The quantitative estimate of drug-likeness (QED) is 0.709. The summed E-state index contributed by atoms with van der Waals surface area (Å²) in [4.78, 5) is 36.1. The van der Waals surface area contributed by atoms with Crippen molar-refractivity contribution in [2.45, 2.75) is 96.9 Å². The molecule has 0 amide bonds. The van der Waals surface area contributed by atoms with Gasteiger partial charge in [-0.3, -0.25) is 14.4 Å². The Kier molecular flexibility index (Phi) is 4.88. The summed E-state index contributed by atoms with van der Waals surface area (Å²) in [5, 5.41) is 12.0. The van der Waals surface area contributed by atoms with Gasteiger partial charge < -0.3 is 14.6 Å². The van der Waals surface area contributed by atoms with Crippen LogP contribution in [-0.2, 0) is 23.9 Å². The van der Waals surface area contributed by atoms with Gasteiger partial charge in [0.1, 0.15) is 23.6 Å². The van der Waals surface area contributed by atoms with Crippen molar-refractivity contribution >= 4 is 17.7 Å². The van der Waals surface area contributed by atoms with Crippen molar-refractivity contribution in [1.29, 1.82) is 0 Å². The third-order valence-electron chi connectivity index (χ3n) is 9.14. The smallest absolute Gasteiger partial charge is 0.303 e. The topological polar surface area (TPSA) is 89.9 Å². The van der Waals surface area contributed by atoms with Crippen LogP contribution in [0.2, 0.25) is 0 Å². The number of ether oxygens (including phenoxy) is 2. The molecule has 0 spiro atoms. The molecule has 6 nitrogen and oxygen atoms in total. The summed E-state index contributed by atoms with van der Waals surface area (Å²) in [5.41, 5.74) is -1.93. The Morgan fingerprint density at radius 3 is 2.34 bits per heavy atom. The van der Waals surface area contributed by atoms with E-state index in [4.69, 9.17) is 9.47 Å². The van der Waals surface area contributed by atoms with Gasteiger partial charge >= 0.3 is 11.9 Å². The lowest BCUT2D eigenvalue weighted by Crippen LogP contribution is -2.69. The van der Waals surface area contributed by atoms with E-state index in [2.05, 4.69) is 13.8 Å². The summed E-state index contributed by atoms with van der Waals surface area (Å²) >= 11 is 0. The highest BCUT2D eigenvalue weighted by molar-refractivity contribution is 5.87. The molecule has 4 rings (SSSR count). The van der Waals surface area contributed by atoms with E-state index in [1.807, 2.05) is 0 Å². The Labute approximate surface area is 172 Å². The largest absolute Gasteiger partial charge is 0.462 e. The number of esters is 2. The van der Waals surface area contributed by atoms with Gasteiger partial charge in [0.15, 0.2) is 0 Å².